The van der Waals surface area contributed by atoms with Crippen molar-refractivity contribution in [3.05, 3.63) is 29.8 Å². The Bertz CT molecular complexity index is 461. The van der Waals surface area contributed by atoms with Gasteiger partial charge in [0.1, 0.15) is 11.2 Å². The van der Waals surface area contributed by atoms with Crippen molar-refractivity contribution in [3.63, 3.8) is 0 Å². The van der Waals surface area contributed by atoms with Crippen molar-refractivity contribution >= 4 is 0 Å². The predicted octanol–water partition coefficient (Wildman–Crippen LogP) is 1.84. The monoisotopic (exact) mass is 246 g/mol. The van der Waals surface area contributed by atoms with Crippen LogP contribution in [-0.2, 0) is 4.74 Å². The maximum absolute atomic E-state index is 9.48. The molecule has 1 fully saturated rings. The minimum atomic E-state index is -0.474. The van der Waals surface area contributed by atoms with E-state index in [1.807, 2.05) is 38.4 Å². The molecule has 1 unspecified atom stereocenters. The lowest BCUT2D eigenvalue weighted by molar-refractivity contribution is -0.116. The highest BCUT2D eigenvalue weighted by atomic mass is 16.5. The molecule has 0 spiro atoms. The third kappa shape index (κ3) is 1.96. The number of rotatable bonds is 4. The Kier molecular flexibility index (Phi) is 3.55. The van der Waals surface area contributed by atoms with E-state index in [9.17, 15) is 5.26 Å². The topological polar surface area (TPSA) is 45.5 Å². The fourth-order valence-electron chi connectivity index (χ4n) is 2.57. The number of nitriles is 1. The summed E-state index contributed by atoms with van der Waals surface area (Å²) < 4.78 is 10.7. The summed E-state index contributed by atoms with van der Waals surface area (Å²) in [7, 11) is 5.62. The zero-order valence-corrected chi connectivity index (χ0v) is 11.0. The Hall–Kier alpha value is -1.57. The fraction of sp³-hybridized carbons (Fsp3) is 0.500. The molecule has 0 N–H and O–H groups in total. The van der Waals surface area contributed by atoms with Crippen LogP contribution >= 0.6 is 0 Å². The van der Waals surface area contributed by atoms with Crippen molar-refractivity contribution in [1.82, 2.24) is 4.90 Å². The van der Waals surface area contributed by atoms with Crippen molar-refractivity contribution < 1.29 is 9.47 Å². The molecule has 0 aliphatic carbocycles. The van der Waals surface area contributed by atoms with Crippen LogP contribution in [0.2, 0.25) is 0 Å². The number of benzene rings is 1. The zero-order chi connectivity index (χ0) is 13.2. The van der Waals surface area contributed by atoms with E-state index >= 15 is 0 Å². The maximum Gasteiger partial charge on any atom is 0.123 e. The number of para-hydroxylation sites is 1. The highest BCUT2D eigenvalue weighted by molar-refractivity contribution is 5.39. The van der Waals surface area contributed by atoms with Crippen LogP contribution in [0.15, 0.2) is 24.3 Å². The van der Waals surface area contributed by atoms with Crippen LogP contribution in [0.4, 0.5) is 0 Å². The molecule has 1 heterocycles. The van der Waals surface area contributed by atoms with Crippen molar-refractivity contribution in [3.8, 4) is 11.8 Å². The quantitative estimate of drug-likeness (QED) is 0.813. The van der Waals surface area contributed by atoms with E-state index in [0.717, 1.165) is 11.3 Å². The van der Waals surface area contributed by atoms with Gasteiger partial charge < -0.3 is 14.4 Å². The molecule has 4 heteroatoms. The van der Waals surface area contributed by atoms with Crippen LogP contribution < -0.4 is 4.74 Å². The molecule has 96 valence electrons. The van der Waals surface area contributed by atoms with Gasteiger partial charge in [-0.1, -0.05) is 18.2 Å². The van der Waals surface area contributed by atoms with Gasteiger partial charge in [-0.15, -0.1) is 0 Å². The first-order chi connectivity index (χ1) is 8.64. The summed E-state index contributed by atoms with van der Waals surface area (Å²) in [4.78, 5) is 2.06. The van der Waals surface area contributed by atoms with Gasteiger partial charge >= 0.3 is 0 Å². The second kappa shape index (κ2) is 4.97. The smallest absolute Gasteiger partial charge is 0.123 e. The summed E-state index contributed by atoms with van der Waals surface area (Å²) in [5, 5.41) is 9.48. The summed E-state index contributed by atoms with van der Waals surface area (Å²) in [5.41, 5.74) is 0.563. The third-order valence-electron chi connectivity index (χ3n) is 3.42. The van der Waals surface area contributed by atoms with Crippen LogP contribution in [0.25, 0.3) is 0 Å². The van der Waals surface area contributed by atoms with E-state index in [1.54, 1.807) is 7.11 Å². The summed E-state index contributed by atoms with van der Waals surface area (Å²) in [6.07, 6.45) is 0. The fourth-order valence-corrected chi connectivity index (χ4v) is 2.57. The van der Waals surface area contributed by atoms with E-state index in [1.165, 1.54) is 0 Å². The van der Waals surface area contributed by atoms with Gasteiger partial charge in [-0.05, 0) is 20.2 Å². The van der Waals surface area contributed by atoms with Crippen LogP contribution in [0.3, 0.4) is 0 Å². The van der Waals surface area contributed by atoms with E-state index in [-0.39, 0.29) is 6.04 Å². The van der Waals surface area contributed by atoms with Gasteiger partial charge in [-0.3, -0.25) is 0 Å². The summed E-state index contributed by atoms with van der Waals surface area (Å²) in [6.45, 7) is 0.953. The number of nitrogens with zero attached hydrogens (tertiary/aromatic N) is 2. The van der Waals surface area contributed by atoms with Crippen LogP contribution in [0, 0.1) is 16.7 Å². The van der Waals surface area contributed by atoms with E-state index < -0.39 is 5.41 Å². The molecular formula is C14H18N2O2. The van der Waals surface area contributed by atoms with Gasteiger partial charge in [0.15, 0.2) is 0 Å². The Morgan fingerprint density at radius 2 is 2.06 bits per heavy atom. The molecule has 1 aliphatic rings. The van der Waals surface area contributed by atoms with Gasteiger partial charge in [-0.2, -0.15) is 5.26 Å². The molecule has 1 saturated heterocycles. The molecule has 1 aromatic carbocycles. The maximum atomic E-state index is 9.48. The number of ether oxygens (including phenoxy) is 2. The number of methoxy groups -OCH3 is 1. The van der Waals surface area contributed by atoms with E-state index in [2.05, 4.69) is 11.0 Å². The Morgan fingerprint density at radius 3 is 2.50 bits per heavy atom. The molecule has 1 atom stereocenters. The molecule has 0 amide bonds. The second-order valence-electron chi connectivity index (χ2n) is 4.87. The lowest BCUT2D eigenvalue weighted by Gasteiger charge is -2.44. The highest BCUT2D eigenvalue weighted by Crippen LogP contribution is 2.45. The standard InChI is InChI=1S/C14H18N2O2/c1-16(2)13(14(8-15)9-18-10-14)11-6-4-5-7-12(11)17-3/h4-7,13H,9-10H2,1-3H3. The minimum Gasteiger partial charge on any atom is -0.496 e. The lowest BCUT2D eigenvalue weighted by atomic mass is 9.75. The van der Waals surface area contributed by atoms with Crippen molar-refractivity contribution in [1.29, 1.82) is 5.26 Å². The van der Waals surface area contributed by atoms with Gasteiger partial charge in [0.05, 0.1) is 32.4 Å². The Morgan fingerprint density at radius 1 is 1.39 bits per heavy atom. The molecule has 1 aliphatic heterocycles. The molecule has 0 saturated carbocycles. The van der Waals surface area contributed by atoms with Crippen LogP contribution in [0.5, 0.6) is 5.75 Å². The molecule has 0 radical (unpaired) electrons. The molecule has 0 aromatic heterocycles. The van der Waals surface area contributed by atoms with Crippen molar-refractivity contribution in [2.45, 2.75) is 6.04 Å². The molecule has 4 nitrogen and oxygen atoms in total. The number of hydrogen-bond acceptors (Lipinski definition) is 4. The minimum absolute atomic E-state index is 0.0209. The van der Waals surface area contributed by atoms with Crippen LogP contribution in [0.1, 0.15) is 11.6 Å². The third-order valence-corrected chi connectivity index (χ3v) is 3.42. The Labute approximate surface area is 108 Å². The molecule has 1 aromatic rings. The average Bonchev–Trinajstić information content (AvgIpc) is 2.33. The van der Waals surface area contributed by atoms with Gasteiger partial charge in [0, 0.05) is 5.56 Å². The van der Waals surface area contributed by atoms with E-state index in [0.29, 0.717) is 13.2 Å². The van der Waals surface area contributed by atoms with Crippen LogP contribution in [-0.4, -0.2) is 39.3 Å². The van der Waals surface area contributed by atoms with Gasteiger partial charge in [0.25, 0.3) is 0 Å². The SMILES string of the molecule is COc1ccccc1C(N(C)C)C1(C#N)COC1. The first-order valence-corrected chi connectivity index (χ1v) is 5.93. The molecule has 18 heavy (non-hydrogen) atoms. The summed E-state index contributed by atoms with van der Waals surface area (Å²) in [5.74, 6) is 0.817. The van der Waals surface area contributed by atoms with Crippen molar-refractivity contribution in [2.24, 2.45) is 5.41 Å². The Balaban J connectivity index is 2.45. The summed E-state index contributed by atoms with van der Waals surface area (Å²) in [6, 6.07) is 10.3. The van der Waals surface area contributed by atoms with Crippen molar-refractivity contribution in [2.75, 3.05) is 34.4 Å². The zero-order valence-electron chi connectivity index (χ0n) is 11.0. The average molecular weight is 246 g/mol. The molecular weight excluding hydrogens is 228 g/mol. The molecule has 2 rings (SSSR count). The first kappa shape index (κ1) is 12.9. The van der Waals surface area contributed by atoms with E-state index in [4.69, 9.17) is 9.47 Å². The normalized spacial score (nSPS) is 18.8. The summed E-state index contributed by atoms with van der Waals surface area (Å²) >= 11 is 0. The highest BCUT2D eigenvalue weighted by Gasteiger charge is 2.49. The number of hydrogen-bond donors (Lipinski definition) is 0. The largest absolute Gasteiger partial charge is 0.496 e. The van der Waals surface area contributed by atoms with Gasteiger partial charge in [0.2, 0.25) is 0 Å². The predicted molar refractivity (Wildman–Crippen MR) is 68.3 cm³/mol. The lowest BCUT2D eigenvalue weighted by Crippen LogP contribution is -2.50. The molecule has 0 bridgehead atoms. The van der Waals surface area contributed by atoms with Gasteiger partial charge in [-0.25, -0.2) is 0 Å². The first-order valence-electron chi connectivity index (χ1n) is 5.93. The second-order valence-corrected chi connectivity index (χ2v) is 4.87.